The van der Waals surface area contributed by atoms with E-state index in [0.29, 0.717) is 12.4 Å². The molecule has 106 valence electrons. The van der Waals surface area contributed by atoms with Crippen LogP contribution in [0.1, 0.15) is 28.6 Å². The molecule has 3 nitrogen and oxygen atoms in total. The molecule has 21 heavy (non-hydrogen) atoms. The maximum Gasteiger partial charge on any atom is 0.142 e. The Morgan fingerprint density at radius 3 is 2.48 bits per heavy atom. The average molecular weight is 278 g/mol. The van der Waals surface area contributed by atoms with Gasteiger partial charge in [0.15, 0.2) is 0 Å². The third-order valence-corrected chi connectivity index (χ3v) is 3.58. The maximum atomic E-state index is 10.5. The van der Waals surface area contributed by atoms with E-state index in [2.05, 4.69) is 36.2 Å². The van der Waals surface area contributed by atoms with E-state index in [0.717, 1.165) is 5.56 Å². The minimum Gasteiger partial charge on any atom is -0.380 e. The lowest BCUT2D eigenvalue weighted by Crippen LogP contribution is -2.10. The predicted molar refractivity (Wildman–Crippen MR) is 83.0 cm³/mol. The van der Waals surface area contributed by atoms with E-state index < -0.39 is 6.10 Å². The van der Waals surface area contributed by atoms with E-state index in [1.807, 2.05) is 41.1 Å². The molecule has 3 rings (SSSR count). The minimum atomic E-state index is -0.702. The first kappa shape index (κ1) is 13.6. The van der Waals surface area contributed by atoms with Gasteiger partial charge in [0.25, 0.3) is 0 Å². The lowest BCUT2D eigenvalue weighted by atomic mass is 10.1. The summed E-state index contributed by atoms with van der Waals surface area (Å²) in [5, 5.41) is 10.5. The van der Waals surface area contributed by atoms with E-state index >= 15 is 0 Å². The van der Waals surface area contributed by atoms with Gasteiger partial charge in [0.1, 0.15) is 11.9 Å². The smallest absolute Gasteiger partial charge is 0.142 e. The second-order valence-electron chi connectivity index (χ2n) is 5.21. The summed E-state index contributed by atoms with van der Waals surface area (Å²) in [5.74, 6) is 0.668. The van der Waals surface area contributed by atoms with Gasteiger partial charge in [-0.2, -0.15) is 0 Å². The molecular formula is C18H18N2O. The molecule has 0 aliphatic rings. The van der Waals surface area contributed by atoms with Crippen molar-refractivity contribution in [3.8, 4) is 0 Å². The number of hydrogen-bond acceptors (Lipinski definition) is 2. The van der Waals surface area contributed by atoms with Gasteiger partial charge in [0, 0.05) is 18.9 Å². The molecule has 0 radical (unpaired) electrons. The summed E-state index contributed by atoms with van der Waals surface area (Å²) in [5.41, 5.74) is 3.29. The zero-order chi connectivity index (χ0) is 14.7. The molecule has 1 heterocycles. The molecule has 0 aliphatic heterocycles. The number of aryl methyl sites for hydroxylation is 1. The molecule has 0 bridgehead atoms. The summed E-state index contributed by atoms with van der Waals surface area (Å²) >= 11 is 0. The van der Waals surface area contributed by atoms with E-state index in [9.17, 15) is 5.11 Å². The maximum absolute atomic E-state index is 10.5. The topological polar surface area (TPSA) is 38.0 Å². The molecule has 1 atom stereocenters. The summed E-state index contributed by atoms with van der Waals surface area (Å²) in [6.07, 6.45) is 2.93. The van der Waals surface area contributed by atoms with Crippen LogP contribution in [-0.2, 0) is 6.54 Å². The van der Waals surface area contributed by atoms with Crippen molar-refractivity contribution in [1.29, 1.82) is 0 Å². The second-order valence-corrected chi connectivity index (χ2v) is 5.21. The number of hydrogen-bond donors (Lipinski definition) is 1. The molecular weight excluding hydrogens is 260 g/mol. The Labute approximate surface area is 124 Å². The monoisotopic (exact) mass is 278 g/mol. The Hall–Kier alpha value is -2.39. The highest BCUT2D eigenvalue weighted by atomic mass is 16.3. The SMILES string of the molecule is Cc1ccc(Cn2ccnc2[C@@H](O)c2ccccc2)cc1. The normalized spacial score (nSPS) is 12.3. The molecule has 0 aliphatic carbocycles. The van der Waals surface area contributed by atoms with Gasteiger partial charge in [-0.05, 0) is 18.1 Å². The van der Waals surface area contributed by atoms with E-state index in [-0.39, 0.29) is 0 Å². The van der Waals surface area contributed by atoms with Crippen LogP contribution in [-0.4, -0.2) is 14.7 Å². The van der Waals surface area contributed by atoms with Crippen molar-refractivity contribution in [1.82, 2.24) is 9.55 Å². The fourth-order valence-corrected chi connectivity index (χ4v) is 2.38. The van der Waals surface area contributed by atoms with Gasteiger partial charge in [-0.15, -0.1) is 0 Å². The van der Waals surface area contributed by atoms with Crippen LogP contribution in [0.3, 0.4) is 0 Å². The van der Waals surface area contributed by atoms with Crippen molar-refractivity contribution in [3.05, 3.63) is 89.5 Å². The molecule has 0 amide bonds. The van der Waals surface area contributed by atoms with Crippen LogP contribution in [0.25, 0.3) is 0 Å². The second kappa shape index (κ2) is 5.94. The van der Waals surface area contributed by atoms with Gasteiger partial charge in [-0.1, -0.05) is 60.2 Å². The largest absolute Gasteiger partial charge is 0.380 e. The van der Waals surface area contributed by atoms with Gasteiger partial charge in [0.2, 0.25) is 0 Å². The Bertz CT molecular complexity index is 702. The van der Waals surface area contributed by atoms with Crippen molar-refractivity contribution in [2.24, 2.45) is 0 Å². The third kappa shape index (κ3) is 3.03. The van der Waals surface area contributed by atoms with Crippen LogP contribution in [0.15, 0.2) is 67.0 Å². The van der Waals surface area contributed by atoms with Crippen LogP contribution in [0, 0.1) is 6.92 Å². The molecule has 3 aromatic rings. The molecule has 0 fully saturated rings. The quantitative estimate of drug-likeness (QED) is 0.795. The first-order chi connectivity index (χ1) is 10.2. The molecule has 2 aromatic carbocycles. The number of aliphatic hydroxyl groups is 1. The van der Waals surface area contributed by atoms with E-state index in [1.54, 1.807) is 6.20 Å². The molecule has 1 N–H and O–H groups in total. The van der Waals surface area contributed by atoms with Gasteiger partial charge >= 0.3 is 0 Å². The van der Waals surface area contributed by atoms with Crippen molar-refractivity contribution in [2.75, 3.05) is 0 Å². The zero-order valence-corrected chi connectivity index (χ0v) is 12.0. The summed E-state index contributed by atoms with van der Waals surface area (Å²) in [6, 6.07) is 18.0. The Balaban J connectivity index is 1.85. The number of aliphatic hydroxyl groups excluding tert-OH is 1. The van der Waals surface area contributed by atoms with Crippen molar-refractivity contribution >= 4 is 0 Å². The van der Waals surface area contributed by atoms with E-state index in [4.69, 9.17) is 0 Å². The number of rotatable bonds is 4. The van der Waals surface area contributed by atoms with Crippen molar-refractivity contribution in [3.63, 3.8) is 0 Å². The van der Waals surface area contributed by atoms with Gasteiger partial charge in [0.05, 0.1) is 0 Å². The van der Waals surface area contributed by atoms with Crippen LogP contribution >= 0.6 is 0 Å². The van der Waals surface area contributed by atoms with Gasteiger partial charge in [-0.25, -0.2) is 4.98 Å². The highest BCUT2D eigenvalue weighted by Gasteiger charge is 2.15. The zero-order valence-electron chi connectivity index (χ0n) is 12.0. The molecule has 3 heteroatoms. The summed E-state index contributed by atoms with van der Waals surface area (Å²) in [4.78, 5) is 4.32. The van der Waals surface area contributed by atoms with Crippen LogP contribution in [0.5, 0.6) is 0 Å². The highest BCUT2D eigenvalue weighted by Crippen LogP contribution is 2.21. The first-order valence-electron chi connectivity index (χ1n) is 7.03. The fourth-order valence-electron chi connectivity index (χ4n) is 2.38. The Kier molecular flexibility index (Phi) is 3.84. The Morgan fingerprint density at radius 2 is 1.76 bits per heavy atom. The molecule has 0 saturated carbocycles. The third-order valence-electron chi connectivity index (χ3n) is 3.58. The number of imidazole rings is 1. The number of benzene rings is 2. The lowest BCUT2D eigenvalue weighted by molar-refractivity contribution is 0.205. The van der Waals surface area contributed by atoms with Crippen molar-refractivity contribution in [2.45, 2.75) is 19.6 Å². The summed E-state index contributed by atoms with van der Waals surface area (Å²) in [6.45, 7) is 2.78. The standard InChI is InChI=1S/C18H18N2O/c1-14-7-9-15(10-8-14)13-20-12-11-19-18(20)17(21)16-5-3-2-4-6-16/h2-12,17,21H,13H2,1H3/t17-/m0/s1. The molecule has 0 spiro atoms. The molecule has 0 saturated heterocycles. The van der Waals surface area contributed by atoms with Crippen LogP contribution in [0.2, 0.25) is 0 Å². The lowest BCUT2D eigenvalue weighted by Gasteiger charge is -2.14. The van der Waals surface area contributed by atoms with Crippen LogP contribution in [0.4, 0.5) is 0 Å². The van der Waals surface area contributed by atoms with Crippen LogP contribution < -0.4 is 0 Å². The van der Waals surface area contributed by atoms with Gasteiger partial charge < -0.3 is 9.67 Å². The van der Waals surface area contributed by atoms with Crippen molar-refractivity contribution < 1.29 is 5.11 Å². The average Bonchev–Trinajstić information content (AvgIpc) is 2.98. The summed E-state index contributed by atoms with van der Waals surface area (Å²) < 4.78 is 1.99. The fraction of sp³-hybridized carbons (Fsp3) is 0.167. The van der Waals surface area contributed by atoms with Gasteiger partial charge in [-0.3, -0.25) is 0 Å². The highest BCUT2D eigenvalue weighted by molar-refractivity contribution is 5.25. The number of nitrogens with zero attached hydrogens (tertiary/aromatic N) is 2. The number of aromatic nitrogens is 2. The first-order valence-corrected chi connectivity index (χ1v) is 7.03. The van der Waals surface area contributed by atoms with E-state index in [1.165, 1.54) is 11.1 Å². The minimum absolute atomic E-state index is 0.668. The summed E-state index contributed by atoms with van der Waals surface area (Å²) in [7, 11) is 0. The molecule has 0 unspecified atom stereocenters. The molecule has 1 aromatic heterocycles. The predicted octanol–water partition coefficient (Wildman–Crippen LogP) is 3.32. The Morgan fingerprint density at radius 1 is 1.05 bits per heavy atom.